The number of benzene rings is 4. The monoisotopic (exact) mass is 471 g/mol. The Bertz CT molecular complexity index is 1410. The van der Waals surface area contributed by atoms with Crippen molar-refractivity contribution in [1.82, 2.24) is 0 Å². The van der Waals surface area contributed by atoms with Gasteiger partial charge in [0.2, 0.25) is 0 Å². The van der Waals surface area contributed by atoms with Crippen LogP contribution in [0.4, 0.5) is 17.1 Å². The Morgan fingerprint density at radius 1 is 0.794 bits per heavy atom. The largest absolute Gasteiger partial charge is 0.278 e. The van der Waals surface area contributed by atoms with E-state index in [1.807, 2.05) is 30.3 Å². The summed E-state index contributed by atoms with van der Waals surface area (Å²) < 4.78 is 28.3. The molecule has 0 aliphatic carbocycles. The zero-order valence-corrected chi connectivity index (χ0v) is 18.9. The molecular formula is C26H21N3O4S. The molecule has 0 bridgehead atoms. The molecule has 0 aliphatic rings. The summed E-state index contributed by atoms with van der Waals surface area (Å²) in [6.45, 7) is 0.164. The van der Waals surface area contributed by atoms with Crippen LogP contribution in [0.15, 0.2) is 119 Å². The van der Waals surface area contributed by atoms with Crippen LogP contribution in [0.1, 0.15) is 11.1 Å². The van der Waals surface area contributed by atoms with Crippen LogP contribution in [0.5, 0.6) is 0 Å². The molecule has 4 rings (SSSR count). The SMILES string of the molecule is O=[N+]([O-])c1ccccc1C=Nc1ccc(N(Cc2ccccc2)S(=O)(=O)c2ccccc2)cc1. The van der Waals surface area contributed by atoms with Crippen LogP contribution in [0.2, 0.25) is 0 Å². The predicted molar refractivity (Wildman–Crippen MR) is 133 cm³/mol. The summed E-state index contributed by atoms with van der Waals surface area (Å²) in [4.78, 5) is 15.3. The molecule has 34 heavy (non-hydrogen) atoms. The van der Waals surface area contributed by atoms with Crippen LogP contribution < -0.4 is 4.31 Å². The molecule has 0 spiro atoms. The minimum Gasteiger partial charge on any atom is -0.262 e. The van der Waals surface area contributed by atoms with Gasteiger partial charge in [-0.15, -0.1) is 0 Å². The lowest BCUT2D eigenvalue weighted by Gasteiger charge is -2.25. The van der Waals surface area contributed by atoms with Gasteiger partial charge in [0, 0.05) is 12.3 Å². The van der Waals surface area contributed by atoms with E-state index in [0.29, 0.717) is 16.9 Å². The summed E-state index contributed by atoms with van der Waals surface area (Å²) in [5, 5.41) is 11.2. The normalized spacial score (nSPS) is 11.4. The molecule has 0 N–H and O–H groups in total. The quantitative estimate of drug-likeness (QED) is 0.186. The Balaban J connectivity index is 1.66. The van der Waals surface area contributed by atoms with Gasteiger partial charge in [-0.1, -0.05) is 60.7 Å². The molecule has 0 amide bonds. The van der Waals surface area contributed by atoms with Crippen LogP contribution >= 0.6 is 0 Å². The fraction of sp³-hybridized carbons (Fsp3) is 0.0385. The second-order valence-electron chi connectivity index (χ2n) is 7.40. The molecule has 0 fully saturated rings. The lowest BCUT2D eigenvalue weighted by Crippen LogP contribution is -2.30. The molecular weight excluding hydrogens is 450 g/mol. The predicted octanol–water partition coefficient (Wildman–Crippen LogP) is 5.74. The molecule has 4 aromatic carbocycles. The zero-order chi connectivity index (χ0) is 24.0. The second kappa shape index (κ2) is 10.1. The van der Waals surface area contributed by atoms with Crippen LogP contribution in [0, 0.1) is 10.1 Å². The Hall–Kier alpha value is -4.30. The van der Waals surface area contributed by atoms with Gasteiger partial charge in [-0.05, 0) is 48.0 Å². The van der Waals surface area contributed by atoms with Crippen molar-refractivity contribution in [3.8, 4) is 0 Å². The van der Waals surface area contributed by atoms with E-state index < -0.39 is 14.9 Å². The first-order valence-corrected chi connectivity index (χ1v) is 11.9. The van der Waals surface area contributed by atoms with E-state index in [-0.39, 0.29) is 17.1 Å². The number of sulfonamides is 1. The number of hydrogen-bond donors (Lipinski definition) is 0. The van der Waals surface area contributed by atoms with Crippen LogP contribution in [-0.2, 0) is 16.6 Å². The highest BCUT2D eigenvalue weighted by molar-refractivity contribution is 7.92. The highest BCUT2D eigenvalue weighted by Crippen LogP contribution is 2.28. The number of para-hydroxylation sites is 1. The van der Waals surface area contributed by atoms with Gasteiger partial charge in [-0.2, -0.15) is 0 Å². The number of aliphatic imine (C=N–C) groups is 1. The summed E-state index contributed by atoms with van der Waals surface area (Å²) in [6, 6.07) is 30.7. The zero-order valence-electron chi connectivity index (χ0n) is 18.1. The van der Waals surface area contributed by atoms with E-state index in [1.165, 1.54) is 16.6 Å². The molecule has 8 heteroatoms. The second-order valence-corrected chi connectivity index (χ2v) is 9.26. The van der Waals surface area contributed by atoms with Crippen molar-refractivity contribution in [2.75, 3.05) is 4.31 Å². The Labute approximate surface area is 197 Å². The number of nitrogens with zero attached hydrogens (tertiary/aromatic N) is 3. The number of hydrogen-bond acceptors (Lipinski definition) is 5. The molecule has 0 heterocycles. The fourth-order valence-electron chi connectivity index (χ4n) is 3.40. The van der Waals surface area contributed by atoms with Gasteiger partial charge >= 0.3 is 0 Å². The van der Waals surface area contributed by atoms with Crippen molar-refractivity contribution in [1.29, 1.82) is 0 Å². The van der Waals surface area contributed by atoms with Crippen molar-refractivity contribution < 1.29 is 13.3 Å². The van der Waals surface area contributed by atoms with E-state index >= 15 is 0 Å². The number of anilines is 1. The summed E-state index contributed by atoms with van der Waals surface area (Å²) in [5.41, 5.74) is 2.22. The maximum Gasteiger partial charge on any atom is 0.278 e. The van der Waals surface area contributed by atoms with Gasteiger partial charge in [0.05, 0.1) is 33.3 Å². The first-order chi connectivity index (χ1) is 16.4. The molecule has 0 unspecified atom stereocenters. The molecule has 0 aromatic heterocycles. The van der Waals surface area contributed by atoms with E-state index in [1.54, 1.807) is 72.8 Å². The average Bonchev–Trinajstić information content (AvgIpc) is 2.87. The number of nitro benzene ring substituents is 1. The first-order valence-electron chi connectivity index (χ1n) is 10.4. The van der Waals surface area contributed by atoms with Crippen LogP contribution in [0.3, 0.4) is 0 Å². The Morgan fingerprint density at radius 2 is 1.38 bits per heavy atom. The van der Waals surface area contributed by atoms with Crippen molar-refractivity contribution in [2.45, 2.75) is 11.4 Å². The summed E-state index contributed by atoms with van der Waals surface area (Å²) >= 11 is 0. The minimum atomic E-state index is -3.82. The number of rotatable bonds is 8. The van der Waals surface area contributed by atoms with Crippen molar-refractivity contribution >= 4 is 33.3 Å². The summed E-state index contributed by atoms with van der Waals surface area (Å²) in [5.74, 6) is 0. The third kappa shape index (κ3) is 5.19. The topological polar surface area (TPSA) is 92.9 Å². The molecule has 0 saturated heterocycles. The first kappa shape index (κ1) is 22.9. The smallest absolute Gasteiger partial charge is 0.262 e. The highest BCUT2D eigenvalue weighted by Gasteiger charge is 2.25. The molecule has 0 saturated carbocycles. The van der Waals surface area contributed by atoms with Crippen molar-refractivity contribution in [3.63, 3.8) is 0 Å². The molecule has 4 aromatic rings. The van der Waals surface area contributed by atoms with Gasteiger partial charge in [0.15, 0.2) is 0 Å². The Kier molecular flexibility index (Phi) is 6.79. The van der Waals surface area contributed by atoms with Gasteiger partial charge in [-0.25, -0.2) is 8.42 Å². The van der Waals surface area contributed by atoms with Crippen LogP contribution in [0.25, 0.3) is 0 Å². The van der Waals surface area contributed by atoms with Gasteiger partial charge in [-0.3, -0.25) is 19.4 Å². The van der Waals surface area contributed by atoms with Gasteiger partial charge < -0.3 is 0 Å². The third-order valence-corrected chi connectivity index (χ3v) is 6.91. The Morgan fingerprint density at radius 3 is 2.03 bits per heavy atom. The molecule has 0 aliphatic heterocycles. The number of nitro groups is 1. The fourth-order valence-corrected chi connectivity index (χ4v) is 4.87. The van der Waals surface area contributed by atoms with E-state index in [4.69, 9.17) is 0 Å². The van der Waals surface area contributed by atoms with Gasteiger partial charge in [0.1, 0.15) is 0 Å². The van der Waals surface area contributed by atoms with E-state index in [0.717, 1.165) is 5.56 Å². The van der Waals surface area contributed by atoms with E-state index in [9.17, 15) is 18.5 Å². The standard InChI is InChI=1S/C26H21N3O4S/c30-29(31)26-14-8-7-11-22(26)19-27-23-15-17-24(18-16-23)28(20-21-9-3-1-4-10-21)34(32,33)25-12-5-2-6-13-25/h1-19H,20H2. The highest BCUT2D eigenvalue weighted by atomic mass is 32.2. The van der Waals surface area contributed by atoms with Gasteiger partial charge in [0.25, 0.3) is 15.7 Å². The minimum absolute atomic E-state index is 0.0362. The molecule has 0 atom stereocenters. The maximum absolute atomic E-state index is 13.5. The van der Waals surface area contributed by atoms with Crippen molar-refractivity contribution in [2.24, 2.45) is 4.99 Å². The summed E-state index contributed by atoms with van der Waals surface area (Å²) in [7, 11) is -3.82. The lowest BCUT2D eigenvalue weighted by atomic mass is 10.2. The molecule has 7 nitrogen and oxygen atoms in total. The molecule has 0 radical (unpaired) electrons. The summed E-state index contributed by atoms with van der Waals surface area (Å²) in [6.07, 6.45) is 1.43. The average molecular weight is 472 g/mol. The maximum atomic E-state index is 13.5. The van der Waals surface area contributed by atoms with Crippen molar-refractivity contribution in [3.05, 3.63) is 130 Å². The lowest BCUT2D eigenvalue weighted by molar-refractivity contribution is -0.385. The molecule has 170 valence electrons. The van der Waals surface area contributed by atoms with Crippen LogP contribution in [-0.4, -0.2) is 19.6 Å². The van der Waals surface area contributed by atoms with E-state index in [2.05, 4.69) is 4.99 Å². The third-order valence-electron chi connectivity index (χ3n) is 5.12.